The number of carbonyl (C=O) groups excluding carboxylic acids is 1. The first-order valence-corrected chi connectivity index (χ1v) is 3.84. The van der Waals surface area contributed by atoms with Gasteiger partial charge in [0, 0.05) is 0 Å². The molecule has 1 aliphatic rings. The number of ether oxygens (including phenoxy) is 2. The second-order valence-electron chi connectivity index (χ2n) is 2.72. The number of benzene rings is 1. The molecule has 4 heteroatoms. The molecule has 0 amide bonds. The lowest BCUT2D eigenvalue weighted by atomic mass is 10.1. The minimum Gasteiger partial charge on any atom is -0.508 e. The quantitative estimate of drug-likeness (QED) is 0.654. The van der Waals surface area contributed by atoms with Crippen molar-refractivity contribution in [2.24, 2.45) is 0 Å². The van der Waals surface area contributed by atoms with E-state index in [1.165, 1.54) is 12.1 Å². The average Bonchev–Trinajstić information content (AvgIpc) is 2.53. The molecule has 2 rings (SSSR count). The molecule has 0 aromatic heterocycles. The van der Waals surface area contributed by atoms with Gasteiger partial charge in [-0.15, -0.1) is 0 Å². The SMILES string of the molecule is O=C1OCOC1c1ccc(O)cc1. The molecular weight excluding hydrogens is 172 g/mol. The maximum Gasteiger partial charge on any atom is 0.342 e. The van der Waals surface area contributed by atoms with Crippen LogP contribution in [-0.2, 0) is 14.3 Å². The van der Waals surface area contributed by atoms with E-state index < -0.39 is 6.10 Å². The van der Waals surface area contributed by atoms with Crippen molar-refractivity contribution < 1.29 is 19.4 Å². The third kappa shape index (κ3) is 1.48. The van der Waals surface area contributed by atoms with Crippen LogP contribution in [-0.4, -0.2) is 17.9 Å². The Bertz CT molecular complexity index is 317. The molecule has 0 bridgehead atoms. The smallest absolute Gasteiger partial charge is 0.342 e. The third-order valence-electron chi connectivity index (χ3n) is 1.85. The first-order chi connectivity index (χ1) is 6.27. The Balaban J connectivity index is 2.25. The fourth-order valence-corrected chi connectivity index (χ4v) is 1.19. The molecule has 1 unspecified atom stereocenters. The molecule has 0 saturated carbocycles. The van der Waals surface area contributed by atoms with Gasteiger partial charge in [-0.3, -0.25) is 0 Å². The van der Waals surface area contributed by atoms with Gasteiger partial charge >= 0.3 is 5.97 Å². The van der Waals surface area contributed by atoms with Gasteiger partial charge in [0.1, 0.15) is 5.75 Å². The van der Waals surface area contributed by atoms with Crippen molar-refractivity contribution >= 4 is 5.97 Å². The molecule has 1 N–H and O–H groups in total. The van der Waals surface area contributed by atoms with Crippen LogP contribution in [0.1, 0.15) is 11.7 Å². The molecular formula is C9H8O4. The van der Waals surface area contributed by atoms with E-state index in [-0.39, 0.29) is 18.5 Å². The summed E-state index contributed by atoms with van der Waals surface area (Å²) in [6.07, 6.45) is -0.638. The predicted molar refractivity (Wildman–Crippen MR) is 42.9 cm³/mol. The minimum atomic E-state index is -0.638. The zero-order valence-electron chi connectivity index (χ0n) is 6.77. The maximum absolute atomic E-state index is 11.0. The molecule has 68 valence electrons. The number of cyclic esters (lactones) is 1. The Labute approximate surface area is 74.7 Å². The van der Waals surface area contributed by atoms with Gasteiger partial charge < -0.3 is 14.6 Å². The van der Waals surface area contributed by atoms with E-state index in [1.54, 1.807) is 12.1 Å². The molecule has 4 nitrogen and oxygen atoms in total. The lowest BCUT2D eigenvalue weighted by Crippen LogP contribution is -2.06. The summed E-state index contributed by atoms with van der Waals surface area (Å²) in [5, 5.41) is 9.01. The van der Waals surface area contributed by atoms with Crippen molar-refractivity contribution in [3.8, 4) is 5.75 Å². The summed E-state index contributed by atoms with van der Waals surface area (Å²) < 4.78 is 9.66. The summed E-state index contributed by atoms with van der Waals surface area (Å²) in [5.41, 5.74) is 0.695. The third-order valence-corrected chi connectivity index (χ3v) is 1.85. The van der Waals surface area contributed by atoms with Crippen LogP contribution in [0.5, 0.6) is 5.75 Å². The van der Waals surface area contributed by atoms with Gasteiger partial charge in [-0.05, 0) is 17.7 Å². The van der Waals surface area contributed by atoms with E-state index >= 15 is 0 Å². The van der Waals surface area contributed by atoms with Crippen molar-refractivity contribution in [2.75, 3.05) is 6.79 Å². The highest BCUT2D eigenvalue weighted by Gasteiger charge is 2.28. The van der Waals surface area contributed by atoms with Gasteiger partial charge in [0.2, 0.25) is 0 Å². The highest BCUT2D eigenvalue weighted by Crippen LogP contribution is 2.24. The molecule has 1 saturated heterocycles. The van der Waals surface area contributed by atoms with Crippen molar-refractivity contribution in [2.45, 2.75) is 6.10 Å². The molecule has 13 heavy (non-hydrogen) atoms. The lowest BCUT2D eigenvalue weighted by molar-refractivity contribution is -0.139. The summed E-state index contributed by atoms with van der Waals surface area (Å²) in [6.45, 7) is 0.00434. The largest absolute Gasteiger partial charge is 0.508 e. The highest BCUT2D eigenvalue weighted by atomic mass is 16.7. The summed E-state index contributed by atoms with van der Waals surface area (Å²) in [5.74, 6) is -0.221. The molecule has 0 aliphatic carbocycles. The van der Waals surface area contributed by atoms with Crippen molar-refractivity contribution in [1.82, 2.24) is 0 Å². The molecule has 0 spiro atoms. The number of esters is 1. The van der Waals surface area contributed by atoms with Gasteiger partial charge in [-0.1, -0.05) is 12.1 Å². The molecule has 1 aliphatic heterocycles. The van der Waals surface area contributed by atoms with Crippen LogP contribution < -0.4 is 0 Å². The zero-order chi connectivity index (χ0) is 9.26. The Morgan fingerprint density at radius 1 is 1.31 bits per heavy atom. The Kier molecular flexibility index (Phi) is 1.90. The zero-order valence-corrected chi connectivity index (χ0v) is 6.77. The number of aromatic hydroxyl groups is 1. The van der Waals surface area contributed by atoms with Crippen molar-refractivity contribution in [1.29, 1.82) is 0 Å². The fraction of sp³-hybridized carbons (Fsp3) is 0.222. The monoisotopic (exact) mass is 180 g/mol. The van der Waals surface area contributed by atoms with E-state index in [9.17, 15) is 4.79 Å². The number of carbonyl (C=O) groups is 1. The van der Waals surface area contributed by atoms with E-state index in [0.29, 0.717) is 5.56 Å². The molecule has 0 radical (unpaired) electrons. The van der Waals surface area contributed by atoms with E-state index in [0.717, 1.165) is 0 Å². The number of hydrogen-bond acceptors (Lipinski definition) is 4. The topological polar surface area (TPSA) is 55.8 Å². The average molecular weight is 180 g/mol. The van der Waals surface area contributed by atoms with Crippen LogP contribution in [0.2, 0.25) is 0 Å². The fourth-order valence-electron chi connectivity index (χ4n) is 1.19. The number of rotatable bonds is 1. The highest BCUT2D eigenvalue weighted by molar-refractivity contribution is 5.77. The van der Waals surface area contributed by atoms with Gasteiger partial charge in [0.05, 0.1) is 0 Å². The summed E-state index contributed by atoms with van der Waals surface area (Å²) >= 11 is 0. The van der Waals surface area contributed by atoms with Gasteiger partial charge in [0.15, 0.2) is 12.9 Å². The van der Waals surface area contributed by atoms with E-state index in [2.05, 4.69) is 4.74 Å². The molecule has 1 fully saturated rings. The van der Waals surface area contributed by atoms with Crippen LogP contribution in [0, 0.1) is 0 Å². The van der Waals surface area contributed by atoms with Crippen LogP contribution in [0.4, 0.5) is 0 Å². The molecule has 1 atom stereocenters. The van der Waals surface area contributed by atoms with Gasteiger partial charge in [-0.25, -0.2) is 4.79 Å². The van der Waals surface area contributed by atoms with Crippen molar-refractivity contribution in [3.05, 3.63) is 29.8 Å². The van der Waals surface area contributed by atoms with E-state index in [4.69, 9.17) is 9.84 Å². The second kappa shape index (κ2) is 3.06. The van der Waals surface area contributed by atoms with Crippen LogP contribution >= 0.6 is 0 Å². The lowest BCUT2D eigenvalue weighted by Gasteiger charge is -2.04. The normalized spacial score (nSPS) is 21.5. The first kappa shape index (κ1) is 8.07. The Morgan fingerprint density at radius 3 is 2.54 bits per heavy atom. The summed E-state index contributed by atoms with van der Waals surface area (Å²) in [4.78, 5) is 11.0. The molecule has 1 aromatic rings. The number of hydrogen-bond donors (Lipinski definition) is 1. The second-order valence-corrected chi connectivity index (χ2v) is 2.72. The molecule has 1 aromatic carbocycles. The van der Waals surface area contributed by atoms with Gasteiger partial charge in [0.25, 0.3) is 0 Å². The number of phenols is 1. The van der Waals surface area contributed by atoms with Crippen LogP contribution in [0.3, 0.4) is 0 Å². The summed E-state index contributed by atoms with van der Waals surface area (Å²) in [6, 6.07) is 6.27. The minimum absolute atomic E-state index is 0.00434. The standard InChI is InChI=1S/C9H8O4/c10-7-3-1-6(2-4-7)8-9(11)13-5-12-8/h1-4,8,10H,5H2. The summed E-state index contributed by atoms with van der Waals surface area (Å²) in [7, 11) is 0. The van der Waals surface area contributed by atoms with Crippen LogP contribution in [0.15, 0.2) is 24.3 Å². The Hall–Kier alpha value is -1.55. The van der Waals surface area contributed by atoms with E-state index in [1.807, 2.05) is 0 Å². The molecule has 1 heterocycles. The first-order valence-electron chi connectivity index (χ1n) is 3.84. The Morgan fingerprint density at radius 2 is 2.00 bits per heavy atom. The number of phenolic OH excluding ortho intramolecular Hbond substituents is 1. The predicted octanol–water partition coefficient (Wildman–Crippen LogP) is 0.964. The van der Waals surface area contributed by atoms with Gasteiger partial charge in [-0.2, -0.15) is 0 Å². The van der Waals surface area contributed by atoms with Crippen LogP contribution in [0.25, 0.3) is 0 Å². The van der Waals surface area contributed by atoms with Crippen molar-refractivity contribution in [3.63, 3.8) is 0 Å². The maximum atomic E-state index is 11.0.